The molecule has 2 fully saturated rings. The maximum absolute atomic E-state index is 12.2. The molecule has 2 aliphatic rings. The monoisotopic (exact) mass is 348 g/mol. The van der Waals surface area contributed by atoms with E-state index in [1.807, 2.05) is 20.8 Å². The molecule has 1 amide bonds. The second-order valence-corrected chi connectivity index (χ2v) is 7.78. The summed E-state index contributed by atoms with van der Waals surface area (Å²) < 4.78 is 10.0. The summed E-state index contributed by atoms with van der Waals surface area (Å²) in [5.74, 6) is 0.226. The molecule has 1 aliphatic carbocycles. The molecule has 0 N–H and O–H groups in total. The Morgan fingerprint density at radius 2 is 1.96 bits per heavy atom. The van der Waals surface area contributed by atoms with Crippen LogP contribution in [0.2, 0.25) is 0 Å². The third-order valence-electron chi connectivity index (χ3n) is 4.66. The van der Waals surface area contributed by atoms with Gasteiger partial charge in [0.25, 0.3) is 0 Å². The Bertz CT molecular complexity index is 677. The normalized spacial score (nSPS) is 20.7. The van der Waals surface area contributed by atoms with Gasteiger partial charge >= 0.3 is 12.1 Å². The van der Waals surface area contributed by atoms with E-state index in [2.05, 4.69) is 19.6 Å². The Kier molecular flexibility index (Phi) is 4.09. The number of ether oxygens (including phenoxy) is 2. The zero-order valence-corrected chi connectivity index (χ0v) is 15.3. The fourth-order valence-corrected chi connectivity index (χ4v) is 3.25. The van der Waals surface area contributed by atoms with Crippen LogP contribution in [-0.4, -0.2) is 65.8 Å². The molecule has 1 aliphatic heterocycles. The fraction of sp³-hybridized carbons (Fsp3) is 0.647. The van der Waals surface area contributed by atoms with Crippen LogP contribution in [0.5, 0.6) is 0 Å². The number of anilines is 1. The number of hydrogen-bond acceptors (Lipinski definition) is 7. The predicted molar refractivity (Wildman–Crippen MR) is 90.4 cm³/mol. The zero-order chi connectivity index (χ0) is 18.4. The maximum Gasteiger partial charge on any atom is 0.410 e. The molecule has 1 saturated carbocycles. The number of nitrogens with zero attached hydrogens (tertiary/aromatic N) is 4. The van der Waals surface area contributed by atoms with Crippen molar-refractivity contribution < 1.29 is 19.1 Å². The van der Waals surface area contributed by atoms with E-state index in [1.165, 1.54) is 13.3 Å². The van der Waals surface area contributed by atoms with Gasteiger partial charge in [0.15, 0.2) is 5.69 Å². The summed E-state index contributed by atoms with van der Waals surface area (Å²) in [4.78, 5) is 35.7. The van der Waals surface area contributed by atoms with Crippen LogP contribution in [0.1, 0.15) is 37.7 Å². The van der Waals surface area contributed by atoms with Crippen LogP contribution in [0.4, 0.5) is 10.6 Å². The Balaban J connectivity index is 1.55. The van der Waals surface area contributed by atoms with Crippen molar-refractivity contribution in [1.29, 1.82) is 0 Å². The summed E-state index contributed by atoms with van der Waals surface area (Å²) in [5, 5.41) is 0. The highest BCUT2D eigenvalue weighted by molar-refractivity contribution is 5.86. The minimum atomic E-state index is -0.500. The number of carbonyl (C=O) groups excluding carboxylic acids is 2. The molecule has 1 saturated heterocycles. The molecule has 25 heavy (non-hydrogen) atoms. The van der Waals surface area contributed by atoms with Crippen molar-refractivity contribution in [3.63, 3.8) is 0 Å². The second kappa shape index (κ2) is 5.86. The lowest BCUT2D eigenvalue weighted by Gasteiger charge is -2.42. The summed E-state index contributed by atoms with van der Waals surface area (Å²) in [7, 11) is 3.10. The smallest absolute Gasteiger partial charge is 0.410 e. The first-order valence-corrected chi connectivity index (χ1v) is 8.26. The molecule has 1 unspecified atom stereocenters. The molecule has 1 spiro atoms. The maximum atomic E-state index is 12.2. The van der Waals surface area contributed by atoms with E-state index in [4.69, 9.17) is 4.74 Å². The van der Waals surface area contributed by atoms with Crippen molar-refractivity contribution in [2.75, 3.05) is 32.1 Å². The van der Waals surface area contributed by atoms with Crippen LogP contribution in [0.3, 0.4) is 0 Å². The summed E-state index contributed by atoms with van der Waals surface area (Å²) in [6.45, 7) is 7.23. The van der Waals surface area contributed by atoms with Crippen molar-refractivity contribution in [1.82, 2.24) is 14.9 Å². The molecular formula is C17H24N4O4. The van der Waals surface area contributed by atoms with E-state index in [0.717, 1.165) is 25.3 Å². The van der Waals surface area contributed by atoms with Gasteiger partial charge in [0.05, 0.1) is 19.5 Å². The Labute approximate surface area is 147 Å². The molecule has 3 rings (SSSR count). The van der Waals surface area contributed by atoms with Gasteiger partial charge in [0.1, 0.15) is 11.4 Å². The highest BCUT2D eigenvalue weighted by atomic mass is 16.6. The third kappa shape index (κ3) is 3.38. The van der Waals surface area contributed by atoms with Crippen molar-refractivity contribution >= 4 is 17.9 Å². The lowest BCUT2D eigenvalue weighted by Crippen LogP contribution is -2.53. The van der Waals surface area contributed by atoms with E-state index in [-0.39, 0.29) is 23.2 Å². The molecule has 0 aromatic carbocycles. The van der Waals surface area contributed by atoms with Crippen molar-refractivity contribution in [3.05, 3.63) is 18.1 Å². The van der Waals surface area contributed by atoms with Gasteiger partial charge < -0.3 is 19.3 Å². The Morgan fingerprint density at radius 1 is 1.28 bits per heavy atom. The van der Waals surface area contributed by atoms with Gasteiger partial charge in [0, 0.05) is 31.6 Å². The molecule has 8 heteroatoms. The highest BCUT2D eigenvalue weighted by Crippen LogP contribution is 2.56. The van der Waals surface area contributed by atoms with Gasteiger partial charge in [-0.1, -0.05) is 0 Å². The highest BCUT2D eigenvalue weighted by Gasteiger charge is 2.64. The molecule has 0 radical (unpaired) electrons. The molecule has 136 valence electrons. The van der Waals surface area contributed by atoms with E-state index >= 15 is 0 Å². The van der Waals surface area contributed by atoms with Gasteiger partial charge in [-0.3, -0.25) is 0 Å². The number of hydrogen-bond donors (Lipinski definition) is 0. The van der Waals surface area contributed by atoms with Crippen LogP contribution < -0.4 is 4.90 Å². The number of esters is 1. The van der Waals surface area contributed by atoms with Crippen molar-refractivity contribution in [3.8, 4) is 0 Å². The summed E-state index contributed by atoms with van der Waals surface area (Å²) in [5.41, 5.74) is -0.180. The van der Waals surface area contributed by atoms with Crippen LogP contribution in [-0.2, 0) is 9.47 Å². The first-order chi connectivity index (χ1) is 11.6. The number of amides is 1. The molecule has 1 atom stereocenters. The van der Waals surface area contributed by atoms with Gasteiger partial charge in [-0.2, -0.15) is 0 Å². The fourth-order valence-electron chi connectivity index (χ4n) is 3.25. The van der Waals surface area contributed by atoms with Crippen molar-refractivity contribution in [2.24, 2.45) is 5.41 Å². The number of rotatable bonds is 3. The SMILES string of the molecule is COC(=O)c1cnc(N2CC3(CC3N(C)C(=O)OC(C)(C)C)C2)cn1. The number of carbonyl (C=O) groups is 2. The largest absolute Gasteiger partial charge is 0.464 e. The first kappa shape index (κ1) is 17.4. The molecular weight excluding hydrogens is 324 g/mol. The van der Waals surface area contributed by atoms with Gasteiger partial charge in [0.2, 0.25) is 0 Å². The average molecular weight is 348 g/mol. The number of methoxy groups -OCH3 is 1. The summed E-state index contributed by atoms with van der Waals surface area (Å²) in [6, 6.07) is 0.195. The zero-order valence-electron chi connectivity index (χ0n) is 15.3. The summed E-state index contributed by atoms with van der Waals surface area (Å²) >= 11 is 0. The topological polar surface area (TPSA) is 84.9 Å². The van der Waals surface area contributed by atoms with E-state index in [1.54, 1.807) is 18.1 Å². The third-order valence-corrected chi connectivity index (χ3v) is 4.66. The van der Waals surface area contributed by atoms with Gasteiger partial charge in [-0.15, -0.1) is 0 Å². The van der Waals surface area contributed by atoms with Crippen LogP contribution in [0.25, 0.3) is 0 Å². The lowest BCUT2D eigenvalue weighted by molar-refractivity contribution is 0.0254. The molecule has 1 aromatic heterocycles. The standard InChI is InChI=1S/C17H24N4O4/c1-16(2,3)25-15(23)20(4)12-6-17(12)9-21(10-17)13-8-18-11(7-19-13)14(22)24-5/h7-8,12H,6,9-10H2,1-5H3. The van der Waals surface area contributed by atoms with E-state index in [0.29, 0.717) is 0 Å². The predicted octanol–water partition coefficient (Wildman–Crippen LogP) is 1.71. The lowest BCUT2D eigenvalue weighted by atomic mass is 9.95. The van der Waals surface area contributed by atoms with Crippen LogP contribution in [0, 0.1) is 5.41 Å². The van der Waals surface area contributed by atoms with Gasteiger partial charge in [-0.25, -0.2) is 19.6 Å². The number of aromatic nitrogens is 2. The Morgan fingerprint density at radius 3 is 2.48 bits per heavy atom. The minimum Gasteiger partial charge on any atom is -0.464 e. The van der Waals surface area contributed by atoms with Crippen molar-refractivity contribution in [2.45, 2.75) is 38.8 Å². The van der Waals surface area contributed by atoms with E-state index < -0.39 is 11.6 Å². The first-order valence-electron chi connectivity index (χ1n) is 8.26. The molecule has 8 nitrogen and oxygen atoms in total. The summed E-state index contributed by atoms with van der Waals surface area (Å²) in [6.07, 6.45) is 3.68. The average Bonchev–Trinajstić information content (AvgIpc) is 3.26. The molecule has 0 bridgehead atoms. The second-order valence-electron chi connectivity index (χ2n) is 7.78. The quantitative estimate of drug-likeness (QED) is 0.769. The van der Waals surface area contributed by atoms with Gasteiger partial charge in [-0.05, 0) is 27.2 Å². The van der Waals surface area contributed by atoms with Crippen LogP contribution in [0.15, 0.2) is 12.4 Å². The molecule has 1 aromatic rings. The minimum absolute atomic E-state index is 0.119. The molecule has 2 heterocycles. The Hall–Kier alpha value is -2.38. The van der Waals surface area contributed by atoms with Crippen LogP contribution >= 0.6 is 0 Å². The van der Waals surface area contributed by atoms with E-state index in [9.17, 15) is 9.59 Å².